The summed E-state index contributed by atoms with van der Waals surface area (Å²) in [6.07, 6.45) is 4.40. The van der Waals surface area contributed by atoms with Crippen LogP contribution in [-0.2, 0) is 14.3 Å². The van der Waals surface area contributed by atoms with E-state index in [9.17, 15) is 14.0 Å². The van der Waals surface area contributed by atoms with Crippen molar-refractivity contribution >= 4 is 11.8 Å². The average molecular weight is 362 g/mol. The fourth-order valence-electron chi connectivity index (χ4n) is 4.05. The number of amides is 2. The molecular formula is C20H27FN2O3. The van der Waals surface area contributed by atoms with Crippen LogP contribution < -0.4 is 0 Å². The Morgan fingerprint density at radius 2 is 1.77 bits per heavy atom. The highest BCUT2D eigenvalue weighted by Crippen LogP contribution is 2.33. The van der Waals surface area contributed by atoms with E-state index in [1.54, 1.807) is 17.0 Å². The van der Waals surface area contributed by atoms with Crippen molar-refractivity contribution in [2.75, 3.05) is 33.4 Å². The van der Waals surface area contributed by atoms with Gasteiger partial charge in [-0.25, -0.2) is 4.39 Å². The Hall–Kier alpha value is -1.95. The van der Waals surface area contributed by atoms with Gasteiger partial charge in [-0.05, 0) is 49.8 Å². The minimum atomic E-state index is -0.254. The molecule has 0 saturated carbocycles. The molecule has 0 bridgehead atoms. The number of nitrogens with zero attached hydrogens (tertiary/aromatic N) is 2. The predicted octanol–water partition coefficient (Wildman–Crippen LogP) is 2.76. The summed E-state index contributed by atoms with van der Waals surface area (Å²) in [6.45, 7) is 2.06. The molecule has 26 heavy (non-hydrogen) atoms. The summed E-state index contributed by atoms with van der Waals surface area (Å²) in [5, 5.41) is 0. The van der Waals surface area contributed by atoms with Gasteiger partial charge >= 0.3 is 0 Å². The van der Waals surface area contributed by atoms with Crippen molar-refractivity contribution in [2.24, 2.45) is 5.92 Å². The summed E-state index contributed by atoms with van der Waals surface area (Å²) in [5.74, 6) is -0.128. The zero-order valence-electron chi connectivity index (χ0n) is 15.3. The molecule has 142 valence electrons. The fraction of sp³-hybridized carbons (Fsp3) is 0.600. The Bertz CT molecular complexity index is 626. The van der Waals surface area contributed by atoms with E-state index < -0.39 is 0 Å². The highest BCUT2D eigenvalue weighted by Gasteiger charge is 2.34. The molecule has 6 heteroatoms. The molecule has 1 aromatic carbocycles. The Balaban J connectivity index is 1.64. The lowest BCUT2D eigenvalue weighted by molar-refractivity contribution is -0.144. The highest BCUT2D eigenvalue weighted by atomic mass is 19.1. The minimum absolute atomic E-state index is 0.0134. The van der Waals surface area contributed by atoms with E-state index in [4.69, 9.17) is 4.74 Å². The number of rotatable bonds is 4. The summed E-state index contributed by atoms with van der Waals surface area (Å²) in [7, 11) is 1.51. The molecule has 0 unspecified atom stereocenters. The number of methoxy groups -OCH3 is 1. The first-order valence-electron chi connectivity index (χ1n) is 9.43. The third-order valence-corrected chi connectivity index (χ3v) is 5.51. The lowest BCUT2D eigenvalue weighted by Crippen LogP contribution is -2.47. The maximum atomic E-state index is 13.2. The lowest BCUT2D eigenvalue weighted by Gasteiger charge is -2.40. The maximum Gasteiger partial charge on any atom is 0.248 e. The first-order valence-corrected chi connectivity index (χ1v) is 9.43. The number of hydrogen-bond acceptors (Lipinski definition) is 3. The molecule has 2 aliphatic rings. The number of ether oxygens (including phenoxy) is 1. The minimum Gasteiger partial charge on any atom is -0.375 e. The molecule has 1 atom stereocenters. The van der Waals surface area contributed by atoms with Crippen LogP contribution in [0.3, 0.4) is 0 Å². The predicted molar refractivity (Wildman–Crippen MR) is 95.9 cm³/mol. The number of carbonyl (C=O) groups is 2. The van der Waals surface area contributed by atoms with Crippen molar-refractivity contribution in [3.8, 4) is 0 Å². The molecule has 5 nitrogen and oxygen atoms in total. The summed E-state index contributed by atoms with van der Waals surface area (Å²) in [4.78, 5) is 28.8. The fourth-order valence-corrected chi connectivity index (χ4v) is 4.05. The number of hydrogen-bond donors (Lipinski definition) is 0. The standard InChI is InChI=1S/C20H27FN2O3/c1-26-14-19(24)22-12-9-16(10-13-22)20(25)23-11-3-2-4-18(23)15-5-7-17(21)8-6-15/h5-8,16,18H,2-4,9-14H2,1H3/t18-/m1/s1. The van der Waals surface area contributed by atoms with Gasteiger partial charge in [0.15, 0.2) is 0 Å². The first-order chi connectivity index (χ1) is 12.6. The van der Waals surface area contributed by atoms with E-state index >= 15 is 0 Å². The van der Waals surface area contributed by atoms with Crippen molar-refractivity contribution in [3.63, 3.8) is 0 Å². The summed E-state index contributed by atoms with van der Waals surface area (Å²) >= 11 is 0. The van der Waals surface area contributed by atoms with Crippen LogP contribution in [0.15, 0.2) is 24.3 Å². The van der Waals surface area contributed by atoms with E-state index in [1.807, 2.05) is 4.90 Å². The van der Waals surface area contributed by atoms with Gasteiger partial charge in [0.25, 0.3) is 0 Å². The number of carbonyl (C=O) groups excluding carboxylic acids is 2. The second kappa shape index (κ2) is 8.62. The Kier molecular flexibility index (Phi) is 6.25. The molecule has 2 fully saturated rings. The van der Waals surface area contributed by atoms with Crippen LogP contribution in [0.5, 0.6) is 0 Å². The quantitative estimate of drug-likeness (QED) is 0.828. The SMILES string of the molecule is COCC(=O)N1CCC(C(=O)N2CCCC[C@@H]2c2ccc(F)cc2)CC1. The van der Waals surface area contributed by atoms with Crippen molar-refractivity contribution in [1.82, 2.24) is 9.80 Å². The Morgan fingerprint density at radius 1 is 1.08 bits per heavy atom. The van der Waals surface area contributed by atoms with Crippen molar-refractivity contribution < 1.29 is 18.7 Å². The lowest BCUT2D eigenvalue weighted by atomic mass is 9.90. The van der Waals surface area contributed by atoms with E-state index in [2.05, 4.69) is 0 Å². The van der Waals surface area contributed by atoms with Gasteiger partial charge in [-0.3, -0.25) is 9.59 Å². The molecule has 0 N–H and O–H groups in total. The van der Waals surface area contributed by atoms with Crippen molar-refractivity contribution in [3.05, 3.63) is 35.6 Å². The molecule has 0 radical (unpaired) electrons. The molecule has 0 aromatic heterocycles. The van der Waals surface area contributed by atoms with E-state index in [0.29, 0.717) is 25.9 Å². The zero-order chi connectivity index (χ0) is 18.5. The van der Waals surface area contributed by atoms with E-state index in [1.165, 1.54) is 19.2 Å². The Labute approximate surface area is 154 Å². The molecular weight excluding hydrogens is 335 g/mol. The van der Waals surface area contributed by atoms with Gasteiger partial charge in [0.1, 0.15) is 12.4 Å². The smallest absolute Gasteiger partial charge is 0.248 e. The molecule has 1 aromatic rings. The van der Waals surface area contributed by atoms with Gasteiger partial charge in [0, 0.05) is 32.7 Å². The highest BCUT2D eigenvalue weighted by molar-refractivity contribution is 5.81. The van der Waals surface area contributed by atoms with Gasteiger partial charge < -0.3 is 14.5 Å². The second-order valence-corrected chi connectivity index (χ2v) is 7.18. The number of halogens is 1. The molecule has 2 heterocycles. The molecule has 2 saturated heterocycles. The monoisotopic (exact) mass is 362 g/mol. The van der Waals surface area contributed by atoms with E-state index in [-0.39, 0.29) is 36.2 Å². The largest absolute Gasteiger partial charge is 0.375 e. The van der Waals surface area contributed by atoms with Crippen LogP contribution in [0, 0.1) is 11.7 Å². The number of piperidine rings is 2. The van der Waals surface area contributed by atoms with Gasteiger partial charge in [0.05, 0.1) is 6.04 Å². The number of likely N-dealkylation sites (tertiary alicyclic amines) is 2. The van der Waals surface area contributed by atoms with E-state index in [0.717, 1.165) is 31.4 Å². The van der Waals surface area contributed by atoms with Crippen LogP contribution in [0.4, 0.5) is 4.39 Å². The molecule has 2 aliphatic heterocycles. The maximum absolute atomic E-state index is 13.2. The van der Waals surface area contributed by atoms with Gasteiger partial charge in [-0.15, -0.1) is 0 Å². The zero-order valence-corrected chi connectivity index (χ0v) is 15.3. The van der Waals surface area contributed by atoms with Crippen LogP contribution in [0.25, 0.3) is 0 Å². The molecule has 0 spiro atoms. The molecule has 0 aliphatic carbocycles. The topological polar surface area (TPSA) is 49.9 Å². The van der Waals surface area contributed by atoms with Gasteiger partial charge in [-0.2, -0.15) is 0 Å². The number of benzene rings is 1. The third kappa shape index (κ3) is 4.23. The summed E-state index contributed by atoms with van der Waals surface area (Å²) in [6, 6.07) is 6.54. The second-order valence-electron chi connectivity index (χ2n) is 7.18. The Morgan fingerprint density at radius 3 is 2.42 bits per heavy atom. The summed E-state index contributed by atoms with van der Waals surface area (Å²) in [5.41, 5.74) is 1.01. The van der Waals surface area contributed by atoms with Crippen molar-refractivity contribution in [1.29, 1.82) is 0 Å². The first kappa shape index (κ1) is 18.8. The van der Waals surface area contributed by atoms with Crippen LogP contribution >= 0.6 is 0 Å². The molecule has 2 amide bonds. The van der Waals surface area contributed by atoms with Gasteiger partial charge in [-0.1, -0.05) is 12.1 Å². The van der Waals surface area contributed by atoms with Crippen LogP contribution in [-0.4, -0.2) is 55.0 Å². The van der Waals surface area contributed by atoms with Crippen LogP contribution in [0.2, 0.25) is 0 Å². The molecule has 3 rings (SSSR count). The summed E-state index contributed by atoms with van der Waals surface area (Å²) < 4.78 is 18.1. The van der Waals surface area contributed by atoms with Crippen LogP contribution in [0.1, 0.15) is 43.7 Å². The van der Waals surface area contributed by atoms with Gasteiger partial charge in [0.2, 0.25) is 11.8 Å². The normalized spacial score (nSPS) is 21.7. The average Bonchev–Trinajstić information content (AvgIpc) is 2.68. The van der Waals surface area contributed by atoms with Crippen molar-refractivity contribution in [2.45, 2.75) is 38.1 Å². The third-order valence-electron chi connectivity index (χ3n) is 5.51.